The number of ether oxygens (including phenoxy) is 2. The van der Waals surface area contributed by atoms with E-state index >= 15 is 0 Å². The molecule has 0 aliphatic rings. The molecule has 7 heteroatoms. The molecule has 0 aliphatic carbocycles. The molecule has 22 heavy (non-hydrogen) atoms. The van der Waals surface area contributed by atoms with Crippen molar-refractivity contribution in [3.63, 3.8) is 0 Å². The van der Waals surface area contributed by atoms with Crippen molar-refractivity contribution in [3.8, 4) is 5.75 Å². The Hall–Kier alpha value is -2.57. The molecular weight excluding hydrogens is 288 g/mol. The molecule has 2 N–H and O–H groups in total. The van der Waals surface area contributed by atoms with Gasteiger partial charge in [-0.25, -0.2) is 9.59 Å². The number of carbonyl (C=O) groups excluding carboxylic acids is 3. The van der Waals surface area contributed by atoms with Crippen LogP contribution in [-0.2, 0) is 14.3 Å². The average molecular weight is 308 g/mol. The molecule has 0 spiro atoms. The van der Waals surface area contributed by atoms with Crippen molar-refractivity contribution in [2.45, 2.75) is 26.9 Å². The molecule has 0 fully saturated rings. The lowest BCUT2D eigenvalue weighted by Crippen LogP contribution is -2.43. The van der Waals surface area contributed by atoms with Gasteiger partial charge in [-0.15, -0.1) is 0 Å². The number of urea groups is 1. The summed E-state index contributed by atoms with van der Waals surface area (Å²) in [6.07, 6.45) is -1.09. The normalized spacial score (nSPS) is 11.3. The number of aryl methyl sites for hydroxylation is 2. The molecule has 0 aromatic heterocycles. The molecule has 1 atom stereocenters. The fourth-order valence-corrected chi connectivity index (χ4v) is 1.66. The Morgan fingerprint density at radius 3 is 2.50 bits per heavy atom. The maximum atomic E-state index is 11.6. The van der Waals surface area contributed by atoms with Crippen LogP contribution >= 0.6 is 0 Å². The largest absolute Gasteiger partial charge is 0.482 e. The molecule has 0 aliphatic heterocycles. The molecule has 1 aromatic rings. The molecule has 0 radical (unpaired) electrons. The third-order valence-electron chi connectivity index (χ3n) is 2.82. The number of benzene rings is 1. The van der Waals surface area contributed by atoms with E-state index in [1.807, 2.05) is 31.3 Å². The maximum Gasteiger partial charge on any atom is 0.344 e. The van der Waals surface area contributed by atoms with E-state index in [4.69, 9.17) is 9.47 Å². The molecule has 7 nitrogen and oxygen atoms in total. The number of hydrogen-bond donors (Lipinski definition) is 2. The minimum atomic E-state index is -1.09. The second-order valence-corrected chi connectivity index (χ2v) is 4.76. The van der Waals surface area contributed by atoms with Crippen molar-refractivity contribution in [1.29, 1.82) is 0 Å². The van der Waals surface area contributed by atoms with Gasteiger partial charge in [-0.2, -0.15) is 0 Å². The van der Waals surface area contributed by atoms with E-state index in [0.717, 1.165) is 11.1 Å². The SMILES string of the molecule is CNC(=O)NC(=O)[C@@H](C)OC(=O)COc1ccc(C)cc1C. The quantitative estimate of drug-likeness (QED) is 0.794. The number of esters is 1. The fourth-order valence-electron chi connectivity index (χ4n) is 1.66. The zero-order valence-electron chi connectivity index (χ0n) is 13.1. The molecule has 1 rings (SSSR count). The maximum absolute atomic E-state index is 11.6. The summed E-state index contributed by atoms with van der Waals surface area (Å²) in [5.74, 6) is -0.830. The van der Waals surface area contributed by atoms with Gasteiger partial charge >= 0.3 is 12.0 Å². The summed E-state index contributed by atoms with van der Waals surface area (Å²) in [7, 11) is 1.37. The highest BCUT2D eigenvalue weighted by atomic mass is 16.6. The Bertz CT molecular complexity index is 571. The van der Waals surface area contributed by atoms with E-state index in [1.165, 1.54) is 14.0 Å². The minimum absolute atomic E-state index is 0.318. The monoisotopic (exact) mass is 308 g/mol. The molecule has 0 unspecified atom stereocenters. The van der Waals surface area contributed by atoms with Crippen LogP contribution in [0.5, 0.6) is 5.75 Å². The molecule has 120 valence electrons. The zero-order chi connectivity index (χ0) is 16.7. The van der Waals surface area contributed by atoms with Crippen LogP contribution in [0, 0.1) is 13.8 Å². The van der Waals surface area contributed by atoms with Gasteiger partial charge in [-0.05, 0) is 32.4 Å². The summed E-state index contributed by atoms with van der Waals surface area (Å²) in [5, 5.41) is 4.24. The molecule has 1 aromatic carbocycles. The standard InChI is InChI=1S/C15H20N2O5/c1-9-5-6-12(10(2)7-9)21-8-13(18)22-11(3)14(19)17-15(20)16-4/h5-7,11H,8H2,1-4H3,(H2,16,17,19,20)/t11-/m1/s1. The van der Waals surface area contributed by atoms with Crippen LogP contribution < -0.4 is 15.4 Å². The lowest BCUT2D eigenvalue weighted by atomic mass is 10.1. The van der Waals surface area contributed by atoms with Gasteiger partial charge in [-0.3, -0.25) is 10.1 Å². The number of imide groups is 1. The van der Waals surface area contributed by atoms with Crippen LogP contribution in [-0.4, -0.2) is 37.7 Å². The summed E-state index contributed by atoms with van der Waals surface area (Å²) in [5.41, 5.74) is 1.99. The van der Waals surface area contributed by atoms with Gasteiger partial charge in [0.2, 0.25) is 0 Å². The Kier molecular flexibility index (Phi) is 6.37. The highest BCUT2D eigenvalue weighted by Gasteiger charge is 2.19. The summed E-state index contributed by atoms with van der Waals surface area (Å²) >= 11 is 0. The third kappa shape index (κ3) is 5.43. The van der Waals surface area contributed by atoms with Crippen LogP contribution in [0.15, 0.2) is 18.2 Å². The summed E-state index contributed by atoms with van der Waals surface area (Å²) in [4.78, 5) is 34.1. The highest BCUT2D eigenvalue weighted by Crippen LogP contribution is 2.18. The van der Waals surface area contributed by atoms with Gasteiger partial charge < -0.3 is 14.8 Å². The van der Waals surface area contributed by atoms with Crippen LogP contribution in [0.25, 0.3) is 0 Å². The fraction of sp³-hybridized carbons (Fsp3) is 0.400. The van der Waals surface area contributed by atoms with Crippen molar-refractivity contribution in [3.05, 3.63) is 29.3 Å². The first kappa shape index (κ1) is 17.5. The Balaban J connectivity index is 2.45. The number of rotatable bonds is 5. The molecule has 0 bridgehead atoms. The van der Waals surface area contributed by atoms with Crippen LogP contribution in [0.1, 0.15) is 18.1 Å². The summed E-state index contributed by atoms with van der Waals surface area (Å²) in [6.45, 7) is 4.87. The Morgan fingerprint density at radius 1 is 1.23 bits per heavy atom. The number of hydrogen-bond acceptors (Lipinski definition) is 5. The van der Waals surface area contributed by atoms with E-state index in [0.29, 0.717) is 5.75 Å². The first-order valence-corrected chi connectivity index (χ1v) is 6.75. The van der Waals surface area contributed by atoms with E-state index in [9.17, 15) is 14.4 Å². The minimum Gasteiger partial charge on any atom is -0.482 e. The zero-order valence-corrected chi connectivity index (χ0v) is 13.1. The van der Waals surface area contributed by atoms with E-state index in [2.05, 4.69) is 5.32 Å². The van der Waals surface area contributed by atoms with Crippen molar-refractivity contribution in [2.75, 3.05) is 13.7 Å². The number of nitrogens with one attached hydrogen (secondary N) is 2. The van der Waals surface area contributed by atoms with E-state index < -0.39 is 24.0 Å². The topological polar surface area (TPSA) is 93.7 Å². The molecule has 0 saturated heterocycles. The Labute approximate surface area is 129 Å². The predicted molar refractivity (Wildman–Crippen MR) is 79.6 cm³/mol. The van der Waals surface area contributed by atoms with Crippen LogP contribution in [0.2, 0.25) is 0 Å². The second-order valence-electron chi connectivity index (χ2n) is 4.76. The van der Waals surface area contributed by atoms with Gasteiger partial charge in [0, 0.05) is 7.05 Å². The van der Waals surface area contributed by atoms with Crippen molar-refractivity contribution in [2.24, 2.45) is 0 Å². The summed E-state index contributed by atoms with van der Waals surface area (Å²) in [6, 6.07) is 4.90. The second kappa shape index (κ2) is 8.02. The number of carbonyl (C=O) groups is 3. The van der Waals surface area contributed by atoms with Gasteiger partial charge in [0.1, 0.15) is 5.75 Å². The first-order valence-electron chi connectivity index (χ1n) is 6.75. The van der Waals surface area contributed by atoms with Crippen LogP contribution in [0.4, 0.5) is 4.79 Å². The molecular formula is C15H20N2O5. The molecule has 0 heterocycles. The lowest BCUT2D eigenvalue weighted by molar-refractivity contribution is -0.156. The van der Waals surface area contributed by atoms with Gasteiger partial charge in [0.05, 0.1) is 0 Å². The third-order valence-corrected chi connectivity index (χ3v) is 2.82. The Morgan fingerprint density at radius 2 is 1.91 bits per heavy atom. The van der Waals surface area contributed by atoms with Crippen molar-refractivity contribution < 1.29 is 23.9 Å². The molecule has 0 saturated carbocycles. The molecule has 3 amide bonds. The van der Waals surface area contributed by atoms with Gasteiger partial charge in [0.15, 0.2) is 12.7 Å². The highest BCUT2D eigenvalue weighted by molar-refractivity contribution is 5.97. The lowest BCUT2D eigenvalue weighted by Gasteiger charge is -2.14. The first-order chi connectivity index (χ1) is 10.3. The average Bonchev–Trinajstić information content (AvgIpc) is 2.45. The van der Waals surface area contributed by atoms with E-state index in [-0.39, 0.29) is 6.61 Å². The van der Waals surface area contributed by atoms with Crippen molar-refractivity contribution >= 4 is 17.9 Å². The smallest absolute Gasteiger partial charge is 0.344 e. The van der Waals surface area contributed by atoms with Gasteiger partial charge in [-0.1, -0.05) is 17.7 Å². The predicted octanol–water partition coefficient (Wildman–Crippen LogP) is 1.07. The van der Waals surface area contributed by atoms with Gasteiger partial charge in [0.25, 0.3) is 5.91 Å². The summed E-state index contributed by atoms with van der Waals surface area (Å²) < 4.78 is 10.2. The number of amides is 3. The van der Waals surface area contributed by atoms with E-state index in [1.54, 1.807) is 6.07 Å². The van der Waals surface area contributed by atoms with Crippen LogP contribution in [0.3, 0.4) is 0 Å². The van der Waals surface area contributed by atoms with Crippen molar-refractivity contribution in [1.82, 2.24) is 10.6 Å².